The molecule has 94 valence electrons. The van der Waals surface area contributed by atoms with Crippen LogP contribution in [0.4, 0.5) is 5.00 Å². The van der Waals surface area contributed by atoms with Gasteiger partial charge in [0.15, 0.2) is 5.69 Å². The third-order valence-corrected chi connectivity index (χ3v) is 3.66. The minimum atomic E-state index is -0.569. The van der Waals surface area contributed by atoms with Crippen molar-refractivity contribution in [2.45, 2.75) is 0 Å². The van der Waals surface area contributed by atoms with E-state index in [-0.39, 0.29) is 5.69 Å². The lowest BCUT2D eigenvalue weighted by Crippen LogP contribution is -2.04. The maximum Gasteiger partial charge on any atom is 0.359 e. The summed E-state index contributed by atoms with van der Waals surface area (Å²) in [5, 5.41) is 1.83. The van der Waals surface area contributed by atoms with Crippen molar-refractivity contribution in [2.75, 3.05) is 12.8 Å². The number of rotatable bonds is 2. The summed E-state index contributed by atoms with van der Waals surface area (Å²) in [6, 6.07) is 5.02. The summed E-state index contributed by atoms with van der Waals surface area (Å²) in [5.41, 5.74) is 6.50. The molecule has 0 spiro atoms. The highest BCUT2D eigenvalue weighted by Gasteiger charge is 2.18. The zero-order valence-electron chi connectivity index (χ0n) is 9.24. The molecule has 1 heterocycles. The van der Waals surface area contributed by atoms with Crippen LogP contribution in [0.5, 0.6) is 0 Å². The number of ether oxygens (including phenoxy) is 1. The fourth-order valence-corrected chi connectivity index (χ4v) is 2.77. The fraction of sp³-hybridized carbons (Fsp3) is 0.0909. The van der Waals surface area contributed by atoms with Crippen molar-refractivity contribution in [3.63, 3.8) is 0 Å². The summed E-state index contributed by atoms with van der Waals surface area (Å²) in [5.74, 6) is -0.569. The lowest BCUT2D eigenvalue weighted by Gasteiger charge is -2.00. The van der Waals surface area contributed by atoms with E-state index in [2.05, 4.69) is 9.72 Å². The van der Waals surface area contributed by atoms with Gasteiger partial charge >= 0.3 is 5.97 Å². The van der Waals surface area contributed by atoms with Gasteiger partial charge in [-0.25, -0.2) is 9.78 Å². The van der Waals surface area contributed by atoms with Crippen molar-refractivity contribution < 1.29 is 9.53 Å². The van der Waals surface area contributed by atoms with E-state index in [9.17, 15) is 4.79 Å². The Morgan fingerprint density at radius 3 is 2.78 bits per heavy atom. The largest absolute Gasteiger partial charge is 0.464 e. The zero-order valence-corrected chi connectivity index (χ0v) is 11.6. The Hall–Kier alpha value is -1.30. The van der Waals surface area contributed by atoms with Crippen molar-refractivity contribution in [1.82, 2.24) is 4.98 Å². The van der Waals surface area contributed by atoms with Gasteiger partial charge < -0.3 is 10.5 Å². The van der Waals surface area contributed by atoms with Gasteiger partial charge in [0.05, 0.1) is 12.1 Å². The van der Waals surface area contributed by atoms with Crippen molar-refractivity contribution in [3.8, 4) is 10.6 Å². The number of hydrogen-bond donors (Lipinski definition) is 1. The van der Waals surface area contributed by atoms with Crippen LogP contribution in [-0.4, -0.2) is 18.1 Å². The molecule has 2 rings (SSSR count). The third-order valence-electron chi connectivity index (χ3n) is 2.19. The highest BCUT2D eigenvalue weighted by molar-refractivity contribution is 7.19. The number of thiazole rings is 1. The topological polar surface area (TPSA) is 65.2 Å². The second kappa shape index (κ2) is 5.14. The molecule has 2 N–H and O–H groups in total. The summed E-state index contributed by atoms with van der Waals surface area (Å²) in [6.45, 7) is 0. The van der Waals surface area contributed by atoms with Crippen LogP contribution in [0.15, 0.2) is 18.2 Å². The van der Waals surface area contributed by atoms with Crippen molar-refractivity contribution in [1.29, 1.82) is 0 Å². The molecule has 0 saturated carbocycles. The molecule has 1 aromatic carbocycles. The first-order chi connectivity index (χ1) is 8.52. The monoisotopic (exact) mass is 302 g/mol. The quantitative estimate of drug-likeness (QED) is 0.863. The fourth-order valence-electron chi connectivity index (χ4n) is 1.35. The number of hydrogen-bond acceptors (Lipinski definition) is 5. The molecule has 2 aromatic rings. The maximum atomic E-state index is 11.4. The molecule has 0 aliphatic heterocycles. The summed E-state index contributed by atoms with van der Waals surface area (Å²) >= 11 is 13.0. The van der Waals surface area contributed by atoms with Gasteiger partial charge in [0.2, 0.25) is 0 Å². The van der Waals surface area contributed by atoms with Crippen LogP contribution in [0.25, 0.3) is 10.6 Å². The molecule has 1 aromatic heterocycles. The lowest BCUT2D eigenvalue weighted by molar-refractivity contribution is 0.0596. The molecule has 0 fully saturated rings. The SMILES string of the molecule is COC(=O)c1nc(-c2ccc(Cl)cc2Cl)sc1N. The lowest BCUT2D eigenvalue weighted by atomic mass is 10.2. The number of benzene rings is 1. The molecular formula is C11H8Cl2N2O2S. The second-order valence-corrected chi connectivity index (χ2v) is 5.22. The molecule has 18 heavy (non-hydrogen) atoms. The Labute approximate surface area is 117 Å². The van der Waals surface area contributed by atoms with Crippen LogP contribution in [0, 0.1) is 0 Å². The van der Waals surface area contributed by atoms with E-state index in [1.165, 1.54) is 18.4 Å². The molecule has 0 aliphatic carbocycles. The van der Waals surface area contributed by atoms with Gasteiger partial charge in [-0.1, -0.05) is 34.5 Å². The maximum absolute atomic E-state index is 11.4. The van der Waals surface area contributed by atoms with Crippen LogP contribution in [0.2, 0.25) is 10.0 Å². The van der Waals surface area contributed by atoms with Crippen molar-refractivity contribution in [3.05, 3.63) is 33.9 Å². The molecule has 0 unspecified atom stereocenters. The Morgan fingerprint density at radius 2 is 2.17 bits per heavy atom. The third kappa shape index (κ3) is 2.43. The van der Waals surface area contributed by atoms with Crippen molar-refractivity contribution >= 4 is 45.5 Å². The molecular weight excluding hydrogens is 295 g/mol. The van der Waals surface area contributed by atoms with Gasteiger partial charge in [-0.3, -0.25) is 0 Å². The molecule has 0 bridgehead atoms. The van der Waals surface area contributed by atoms with E-state index in [0.29, 0.717) is 25.6 Å². The van der Waals surface area contributed by atoms with E-state index in [4.69, 9.17) is 28.9 Å². The first kappa shape index (κ1) is 13.1. The first-order valence-electron chi connectivity index (χ1n) is 4.83. The summed E-state index contributed by atoms with van der Waals surface area (Å²) in [7, 11) is 1.27. The minimum Gasteiger partial charge on any atom is -0.464 e. The summed E-state index contributed by atoms with van der Waals surface area (Å²) in [6.07, 6.45) is 0. The van der Waals surface area contributed by atoms with E-state index in [0.717, 1.165) is 0 Å². The number of methoxy groups -OCH3 is 1. The van der Waals surface area contributed by atoms with Gasteiger partial charge in [0, 0.05) is 10.6 Å². The van der Waals surface area contributed by atoms with Gasteiger partial charge in [-0.2, -0.15) is 0 Å². The Balaban J connectivity index is 2.49. The summed E-state index contributed by atoms with van der Waals surface area (Å²) in [4.78, 5) is 15.5. The summed E-state index contributed by atoms with van der Waals surface area (Å²) < 4.78 is 4.59. The number of carbonyl (C=O) groups excluding carboxylic acids is 1. The molecule has 4 nitrogen and oxygen atoms in total. The number of aromatic nitrogens is 1. The van der Waals surface area contributed by atoms with Gasteiger partial charge in [-0.15, -0.1) is 0 Å². The van der Waals surface area contributed by atoms with Gasteiger partial charge in [0.1, 0.15) is 10.0 Å². The number of halogens is 2. The average molecular weight is 303 g/mol. The van der Waals surface area contributed by atoms with Crippen LogP contribution in [0.3, 0.4) is 0 Å². The first-order valence-corrected chi connectivity index (χ1v) is 6.40. The number of nitrogens with zero attached hydrogens (tertiary/aromatic N) is 1. The normalized spacial score (nSPS) is 10.4. The smallest absolute Gasteiger partial charge is 0.359 e. The van der Waals surface area contributed by atoms with Crippen LogP contribution < -0.4 is 5.73 Å². The predicted octanol–water partition coefficient (Wildman–Crippen LogP) is 3.49. The molecule has 0 amide bonds. The van der Waals surface area contributed by atoms with Gasteiger partial charge in [-0.05, 0) is 18.2 Å². The van der Waals surface area contributed by atoms with E-state index in [1.807, 2.05) is 0 Å². The predicted molar refractivity (Wildman–Crippen MR) is 73.3 cm³/mol. The minimum absolute atomic E-state index is 0.100. The average Bonchev–Trinajstić information content (AvgIpc) is 2.70. The Bertz CT molecular complexity index is 613. The Morgan fingerprint density at radius 1 is 1.44 bits per heavy atom. The molecule has 0 aliphatic rings. The van der Waals surface area contributed by atoms with E-state index in [1.54, 1.807) is 18.2 Å². The van der Waals surface area contributed by atoms with Crippen LogP contribution in [-0.2, 0) is 4.74 Å². The second-order valence-electron chi connectivity index (χ2n) is 3.35. The van der Waals surface area contributed by atoms with Crippen LogP contribution >= 0.6 is 34.5 Å². The molecule has 0 saturated heterocycles. The number of esters is 1. The molecule has 0 radical (unpaired) electrons. The molecule has 0 atom stereocenters. The number of nitrogens with two attached hydrogens (primary N) is 1. The van der Waals surface area contributed by atoms with E-state index < -0.39 is 5.97 Å². The van der Waals surface area contributed by atoms with Gasteiger partial charge in [0.25, 0.3) is 0 Å². The highest BCUT2D eigenvalue weighted by Crippen LogP contribution is 2.35. The van der Waals surface area contributed by atoms with Crippen molar-refractivity contribution in [2.24, 2.45) is 0 Å². The Kier molecular flexibility index (Phi) is 3.75. The number of anilines is 1. The number of carbonyl (C=O) groups is 1. The highest BCUT2D eigenvalue weighted by atomic mass is 35.5. The number of nitrogen functional groups attached to an aromatic ring is 1. The standard InChI is InChI=1S/C11H8Cl2N2O2S/c1-17-11(16)8-9(14)18-10(15-8)6-3-2-5(12)4-7(6)13/h2-4H,14H2,1H3. The van der Waals surface area contributed by atoms with E-state index >= 15 is 0 Å². The molecule has 7 heteroatoms. The van der Waals surface area contributed by atoms with Crippen LogP contribution in [0.1, 0.15) is 10.5 Å². The zero-order chi connectivity index (χ0) is 13.3.